The van der Waals surface area contributed by atoms with E-state index in [4.69, 9.17) is 15.2 Å². The normalized spacial score (nSPS) is 10.1. The molecule has 0 heterocycles. The van der Waals surface area contributed by atoms with E-state index in [1.807, 2.05) is 6.07 Å². The largest absolute Gasteiger partial charge is 0.491 e. The van der Waals surface area contributed by atoms with E-state index in [0.717, 1.165) is 6.42 Å². The number of carbonyl (C=O) groups is 1. The van der Waals surface area contributed by atoms with Crippen LogP contribution in [0.25, 0.3) is 0 Å². The summed E-state index contributed by atoms with van der Waals surface area (Å²) in [5, 5.41) is 2.80. The van der Waals surface area contributed by atoms with Crippen molar-refractivity contribution >= 4 is 5.91 Å². The van der Waals surface area contributed by atoms with Gasteiger partial charge in [0.05, 0.1) is 6.61 Å². The summed E-state index contributed by atoms with van der Waals surface area (Å²) in [7, 11) is 1.62. The molecule has 1 aromatic rings. The second-order valence-electron chi connectivity index (χ2n) is 3.77. The minimum Gasteiger partial charge on any atom is -0.491 e. The Morgan fingerprint density at radius 1 is 1.39 bits per heavy atom. The monoisotopic (exact) mass is 252 g/mol. The molecule has 3 N–H and O–H groups in total. The van der Waals surface area contributed by atoms with Gasteiger partial charge in [0.25, 0.3) is 5.91 Å². The maximum absolute atomic E-state index is 11.8. The van der Waals surface area contributed by atoms with Gasteiger partial charge in [-0.2, -0.15) is 0 Å². The van der Waals surface area contributed by atoms with Crippen LogP contribution in [0.4, 0.5) is 0 Å². The van der Waals surface area contributed by atoms with Gasteiger partial charge in [-0.25, -0.2) is 0 Å². The van der Waals surface area contributed by atoms with Crippen molar-refractivity contribution in [3.63, 3.8) is 0 Å². The summed E-state index contributed by atoms with van der Waals surface area (Å²) in [6.07, 6.45) is 0.774. The lowest BCUT2D eigenvalue weighted by Crippen LogP contribution is -2.25. The highest BCUT2D eigenvalue weighted by Gasteiger charge is 2.05. The predicted octanol–water partition coefficient (Wildman–Crippen LogP) is 0.790. The molecule has 1 rings (SSSR count). The Morgan fingerprint density at radius 2 is 2.22 bits per heavy atom. The average molecular weight is 252 g/mol. The molecule has 5 heteroatoms. The smallest absolute Gasteiger partial charge is 0.251 e. The number of nitrogens with two attached hydrogens (primary N) is 1. The second kappa shape index (κ2) is 8.49. The summed E-state index contributed by atoms with van der Waals surface area (Å²) >= 11 is 0. The third-order valence-electron chi connectivity index (χ3n) is 2.32. The number of carbonyl (C=O) groups excluding carboxylic acids is 1. The zero-order chi connectivity index (χ0) is 13.2. The van der Waals surface area contributed by atoms with Crippen LogP contribution in [0.3, 0.4) is 0 Å². The van der Waals surface area contributed by atoms with Crippen LogP contribution >= 0.6 is 0 Å². The number of ether oxygens (including phenoxy) is 2. The lowest BCUT2D eigenvalue weighted by molar-refractivity contribution is 0.0952. The standard InChI is InChI=1S/C13H20N2O3/c1-17-8-9-18-12-5-2-4-11(10-12)13(16)15-7-3-6-14/h2,4-5,10H,3,6-9,14H2,1H3,(H,15,16). The zero-order valence-corrected chi connectivity index (χ0v) is 10.6. The van der Waals surface area contributed by atoms with E-state index in [2.05, 4.69) is 5.32 Å². The number of amides is 1. The van der Waals surface area contributed by atoms with E-state index in [9.17, 15) is 4.79 Å². The summed E-state index contributed by atoms with van der Waals surface area (Å²) < 4.78 is 10.3. The van der Waals surface area contributed by atoms with Crippen LogP contribution in [0.1, 0.15) is 16.8 Å². The van der Waals surface area contributed by atoms with Crippen LogP contribution in [0, 0.1) is 0 Å². The summed E-state index contributed by atoms with van der Waals surface area (Å²) in [4.78, 5) is 11.8. The molecule has 0 aromatic heterocycles. The van der Waals surface area contributed by atoms with E-state index in [-0.39, 0.29) is 5.91 Å². The third kappa shape index (κ3) is 5.16. The molecule has 18 heavy (non-hydrogen) atoms. The Bertz CT molecular complexity index is 369. The van der Waals surface area contributed by atoms with E-state index in [0.29, 0.717) is 37.6 Å². The lowest BCUT2D eigenvalue weighted by atomic mass is 10.2. The maximum Gasteiger partial charge on any atom is 0.251 e. The molecular weight excluding hydrogens is 232 g/mol. The van der Waals surface area contributed by atoms with Gasteiger partial charge in [-0.15, -0.1) is 0 Å². The van der Waals surface area contributed by atoms with E-state index >= 15 is 0 Å². The number of methoxy groups -OCH3 is 1. The van der Waals surface area contributed by atoms with Crippen molar-refractivity contribution in [1.29, 1.82) is 0 Å². The SMILES string of the molecule is COCCOc1cccc(C(=O)NCCCN)c1. The quantitative estimate of drug-likeness (QED) is 0.671. The highest BCUT2D eigenvalue weighted by molar-refractivity contribution is 5.94. The third-order valence-corrected chi connectivity index (χ3v) is 2.32. The highest BCUT2D eigenvalue weighted by Crippen LogP contribution is 2.13. The zero-order valence-electron chi connectivity index (χ0n) is 10.6. The topological polar surface area (TPSA) is 73.6 Å². The van der Waals surface area contributed by atoms with Gasteiger partial charge in [-0.1, -0.05) is 6.07 Å². The minimum atomic E-state index is -0.111. The van der Waals surface area contributed by atoms with Crippen molar-refractivity contribution < 1.29 is 14.3 Å². The summed E-state index contributed by atoms with van der Waals surface area (Å²) in [6, 6.07) is 7.07. The van der Waals surface area contributed by atoms with Crippen LogP contribution in [-0.2, 0) is 4.74 Å². The second-order valence-corrected chi connectivity index (χ2v) is 3.77. The Labute approximate surface area is 107 Å². The van der Waals surface area contributed by atoms with Crippen LogP contribution in [0.5, 0.6) is 5.75 Å². The molecule has 1 amide bonds. The molecular formula is C13H20N2O3. The van der Waals surface area contributed by atoms with E-state index < -0.39 is 0 Å². The first-order chi connectivity index (χ1) is 8.77. The summed E-state index contributed by atoms with van der Waals surface area (Å²) in [6.45, 7) is 2.15. The molecule has 0 spiro atoms. The lowest BCUT2D eigenvalue weighted by Gasteiger charge is -2.08. The molecule has 5 nitrogen and oxygen atoms in total. The Hall–Kier alpha value is -1.59. The van der Waals surface area contributed by atoms with Crippen LogP contribution in [-0.4, -0.2) is 39.3 Å². The molecule has 0 aliphatic carbocycles. The fourth-order valence-corrected chi connectivity index (χ4v) is 1.38. The maximum atomic E-state index is 11.8. The minimum absolute atomic E-state index is 0.111. The Balaban J connectivity index is 2.49. The van der Waals surface area contributed by atoms with Crippen LogP contribution in [0.2, 0.25) is 0 Å². The molecule has 100 valence electrons. The van der Waals surface area contributed by atoms with Crippen molar-refractivity contribution in [1.82, 2.24) is 5.32 Å². The fraction of sp³-hybridized carbons (Fsp3) is 0.462. The molecule has 1 aromatic carbocycles. The highest BCUT2D eigenvalue weighted by atomic mass is 16.5. The van der Waals surface area contributed by atoms with Gasteiger partial charge in [0.1, 0.15) is 12.4 Å². The first-order valence-corrected chi connectivity index (χ1v) is 5.98. The molecule has 0 unspecified atom stereocenters. The van der Waals surface area contributed by atoms with Crippen molar-refractivity contribution in [3.8, 4) is 5.75 Å². The van der Waals surface area contributed by atoms with Gasteiger partial charge >= 0.3 is 0 Å². The Morgan fingerprint density at radius 3 is 2.94 bits per heavy atom. The van der Waals surface area contributed by atoms with Gasteiger partial charge < -0.3 is 20.5 Å². The van der Waals surface area contributed by atoms with Crippen LogP contribution in [0.15, 0.2) is 24.3 Å². The van der Waals surface area contributed by atoms with E-state index in [1.165, 1.54) is 0 Å². The molecule has 0 radical (unpaired) electrons. The molecule has 0 bridgehead atoms. The average Bonchev–Trinajstić information content (AvgIpc) is 2.39. The number of benzene rings is 1. The molecule has 0 atom stereocenters. The van der Waals surface area contributed by atoms with Crippen molar-refractivity contribution in [2.75, 3.05) is 33.4 Å². The molecule has 0 aliphatic rings. The number of rotatable bonds is 8. The van der Waals surface area contributed by atoms with Gasteiger partial charge in [-0.05, 0) is 31.2 Å². The molecule has 0 fully saturated rings. The molecule has 0 saturated heterocycles. The van der Waals surface area contributed by atoms with E-state index in [1.54, 1.807) is 25.3 Å². The van der Waals surface area contributed by atoms with Gasteiger partial charge in [0.2, 0.25) is 0 Å². The molecule has 0 saturated carbocycles. The predicted molar refractivity (Wildman–Crippen MR) is 69.8 cm³/mol. The van der Waals surface area contributed by atoms with Crippen molar-refractivity contribution in [2.45, 2.75) is 6.42 Å². The Kier molecular flexibility index (Phi) is 6.83. The van der Waals surface area contributed by atoms with Crippen molar-refractivity contribution in [2.24, 2.45) is 5.73 Å². The number of hydrogen-bond acceptors (Lipinski definition) is 4. The van der Waals surface area contributed by atoms with Gasteiger partial charge in [0, 0.05) is 19.2 Å². The first kappa shape index (κ1) is 14.5. The fourth-order valence-electron chi connectivity index (χ4n) is 1.38. The molecule has 0 aliphatic heterocycles. The van der Waals surface area contributed by atoms with Crippen molar-refractivity contribution in [3.05, 3.63) is 29.8 Å². The van der Waals surface area contributed by atoms with Crippen LogP contribution < -0.4 is 15.8 Å². The first-order valence-electron chi connectivity index (χ1n) is 5.98. The number of nitrogens with one attached hydrogen (secondary N) is 1. The summed E-state index contributed by atoms with van der Waals surface area (Å²) in [5.41, 5.74) is 5.95. The number of hydrogen-bond donors (Lipinski definition) is 2. The van der Waals surface area contributed by atoms with Gasteiger partial charge in [0.15, 0.2) is 0 Å². The summed E-state index contributed by atoms with van der Waals surface area (Å²) in [5.74, 6) is 0.555. The van der Waals surface area contributed by atoms with Gasteiger partial charge in [-0.3, -0.25) is 4.79 Å².